The molecule has 1 rings (SSSR count). The summed E-state index contributed by atoms with van der Waals surface area (Å²) in [6.07, 6.45) is 0. The second kappa shape index (κ2) is 5.45. The van der Waals surface area contributed by atoms with Crippen LogP contribution in [0.15, 0.2) is 30.3 Å². The quantitative estimate of drug-likeness (QED) is 0.682. The number of carbonyl (C=O) groups excluding carboxylic acids is 1. The van der Waals surface area contributed by atoms with Crippen LogP contribution in [0, 0.1) is 0 Å². The van der Waals surface area contributed by atoms with Gasteiger partial charge < -0.3 is 10.4 Å². The molecule has 0 heterocycles. The van der Waals surface area contributed by atoms with Gasteiger partial charge in [0.1, 0.15) is 0 Å². The Balaban J connectivity index is 2.58. The van der Waals surface area contributed by atoms with Crippen LogP contribution in [0.25, 0.3) is 0 Å². The predicted octanol–water partition coefficient (Wildman–Crippen LogP) is 0.641. The Morgan fingerprint density at radius 1 is 1.43 bits per heavy atom. The third-order valence-corrected chi connectivity index (χ3v) is 2.01. The molecule has 1 amide bonds. The highest BCUT2D eigenvalue weighted by Gasteiger charge is 2.09. The van der Waals surface area contributed by atoms with Crippen LogP contribution < -0.4 is 5.32 Å². The van der Waals surface area contributed by atoms with Gasteiger partial charge in [-0.15, -0.1) is 0 Å². The van der Waals surface area contributed by atoms with Crippen molar-refractivity contribution in [3.8, 4) is 0 Å². The van der Waals surface area contributed by atoms with E-state index in [1.807, 2.05) is 30.3 Å². The molecular formula is C10H12BNO2. The van der Waals surface area contributed by atoms with E-state index >= 15 is 0 Å². The lowest BCUT2D eigenvalue weighted by Gasteiger charge is -2.14. The van der Waals surface area contributed by atoms with Gasteiger partial charge in [0.05, 0.1) is 6.61 Å². The van der Waals surface area contributed by atoms with E-state index in [-0.39, 0.29) is 12.5 Å². The van der Waals surface area contributed by atoms with Crippen LogP contribution in [0.1, 0.15) is 11.5 Å². The van der Waals surface area contributed by atoms with Crippen molar-refractivity contribution in [1.82, 2.24) is 5.32 Å². The molecule has 1 atom stereocenters. The highest BCUT2D eigenvalue weighted by Crippen LogP contribution is 2.13. The van der Waals surface area contributed by atoms with Crippen molar-refractivity contribution < 1.29 is 9.90 Å². The fourth-order valence-corrected chi connectivity index (χ4v) is 1.24. The summed E-state index contributed by atoms with van der Waals surface area (Å²) in [5.41, 5.74) is 0.990. The Labute approximate surface area is 84.5 Å². The first-order valence-corrected chi connectivity index (χ1v) is 4.43. The monoisotopic (exact) mass is 189 g/mol. The lowest BCUT2D eigenvalue weighted by Crippen LogP contribution is -2.28. The van der Waals surface area contributed by atoms with E-state index in [1.165, 1.54) is 0 Å². The molecule has 72 valence electrons. The summed E-state index contributed by atoms with van der Waals surface area (Å²) in [6, 6.07) is 9.50. The molecule has 2 N–H and O–H groups in total. The molecule has 0 saturated carbocycles. The number of carbonyl (C=O) groups is 1. The molecule has 1 aromatic carbocycles. The molecule has 1 unspecified atom stereocenters. The van der Waals surface area contributed by atoms with Crippen molar-refractivity contribution in [2.24, 2.45) is 0 Å². The van der Waals surface area contributed by atoms with Gasteiger partial charge in [0.25, 0.3) is 0 Å². The number of benzene rings is 1. The van der Waals surface area contributed by atoms with E-state index in [0.29, 0.717) is 6.54 Å². The molecule has 1 aromatic rings. The fourth-order valence-electron chi connectivity index (χ4n) is 1.24. The average molecular weight is 189 g/mol. The zero-order valence-corrected chi connectivity index (χ0v) is 7.81. The second-order valence-electron chi connectivity index (χ2n) is 3.04. The van der Waals surface area contributed by atoms with Gasteiger partial charge >= 0.3 is 0 Å². The molecule has 0 aliphatic heterocycles. The van der Waals surface area contributed by atoms with Gasteiger partial charge in [-0.3, -0.25) is 4.79 Å². The van der Waals surface area contributed by atoms with Crippen LogP contribution in [-0.2, 0) is 0 Å². The predicted molar refractivity (Wildman–Crippen MR) is 55.4 cm³/mol. The first kappa shape index (κ1) is 10.8. The van der Waals surface area contributed by atoms with Gasteiger partial charge in [0.2, 0.25) is 0 Å². The summed E-state index contributed by atoms with van der Waals surface area (Å²) in [4.78, 5) is 10.5. The summed E-state index contributed by atoms with van der Waals surface area (Å²) in [7, 11) is 4.94. The van der Waals surface area contributed by atoms with Gasteiger partial charge in [-0.2, -0.15) is 0 Å². The van der Waals surface area contributed by atoms with Crippen LogP contribution >= 0.6 is 0 Å². The number of aliphatic hydroxyl groups excluding tert-OH is 1. The topological polar surface area (TPSA) is 49.3 Å². The van der Waals surface area contributed by atoms with Gasteiger partial charge in [0, 0.05) is 12.5 Å². The van der Waals surface area contributed by atoms with E-state index < -0.39 is 5.81 Å². The number of nitrogens with one attached hydrogen (secondary N) is 1. The molecule has 0 spiro atoms. The molecule has 0 fully saturated rings. The van der Waals surface area contributed by atoms with Crippen molar-refractivity contribution >= 4 is 13.7 Å². The van der Waals surface area contributed by atoms with E-state index in [9.17, 15) is 4.79 Å². The number of amides is 1. The fraction of sp³-hybridized carbons (Fsp3) is 0.300. The minimum Gasteiger partial charge on any atom is -0.396 e. The first-order valence-electron chi connectivity index (χ1n) is 4.43. The lowest BCUT2D eigenvalue weighted by molar-refractivity contribution is 0.248. The Hall–Kier alpha value is -1.29. The molecule has 0 aliphatic carbocycles. The lowest BCUT2D eigenvalue weighted by atomic mass is 9.99. The number of rotatable bonds is 4. The number of hydrogen-bond acceptors (Lipinski definition) is 2. The third kappa shape index (κ3) is 3.22. The average Bonchev–Trinajstić information content (AvgIpc) is 2.20. The molecule has 14 heavy (non-hydrogen) atoms. The Morgan fingerprint density at radius 3 is 2.57 bits per heavy atom. The second-order valence-corrected chi connectivity index (χ2v) is 3.04. The summed E-state index contributed by atoms with van der Waals surface area (Å²) in [5.74, 6) is -0.664. The summed E-state index contributed by atoms with van der Waals surface area (Å²) >= 11 is 0. The van der Waals surface area contributed by atoms with Gasteiger partial charge in [0.15, 0.2) is 13.7 Å². The molecular weight excluding hydrogens is 177 g/mol. The Kier molecular flexibility index (Phi) is 4.20. The summed E-state index contributed by atoms with van der Waals surface area (Å²) in [5, 5.41) is 11.6. The largest absolute Gasteiger partial charge is 0.396 e. The van der Waals surface area contributed by atoms with Crippen molar-refractivity contribution in [3.63, 3.8) is 0 Å². The maximum absolute atomic E-state index is 10.5. The molecule has 0 bridgehead atoms. The highest BCUT2D eigenvalue weighted by atomic mass is 16.3. The van der Waals surface area contributed by atoms with Crippen LogP contribution in [0.4, 0.5) is 4.79 Å². The zero-order valence-electron chi connectivity index (χ0n) is 7.81. The zero-order chi connectivity index (χ0) is 10.4. The highest BCUT2D eigenvalue weighted by molar-refractivity contribution is 6.57. The van der Waals surface area contributed by atoms with Crippen LogP contribution in [0.5, 0.6) is 0 Å². The summed E-state index contributed by atoms with van der Waals surface area (Å²) < 4.78 is 0. The molecule has 3 nitrogen and oxygen atoms in total. The molecule has 4 heteroatoms. The van der Waals surface area contributed by atoms with E-state index in [2.05, 4.69) is 5.32 Å². The van der Waals surface area contributed by atoms with Gasteiger partial charge in [-0.25, -0.2) is 0 Å². The van der Waals surface area contributed by atoms with Crippen molar-refractivity contribution in [2.45, 2.75) is 5.92 Å². The normalized spacial score (nSPS) is 12.1. The van der Waals surface area contributed by atoms with Crippen LogP contribution in [0.2, 0.25) is 0 Å². The summed E-state index contributed by atoms with van der Waals surface area (Å²) in [6.45, 7) is 0.347. The van der Waals surface area contributed by atoms with E-state index in [1.54, 1.807) is 0 Å². The number of hydrogen-bond donors (Lipinski definition) is 2. The number of aliphatic hydroxyl groups is 1. The standard InChI is InChI=1S/C10H12BNO2/c11-10(14)12-6-9(7-13)8-4-2-1-3-5-8/h1-5,9,13H,6-7H2,(H,12,14). The van der Waals surface area contributed by atoms with Crippen molar-refractivity contribution in [1.29, 1.82) is 0 Å². The maximum atomic E-state index is 10.5. The van der Waals surface area contributed by atoms with Crippen LogP contribution in [0.3, 0.4) is 0 Å². The molecule has 2 radical (unpaired) electrons. The van der Waals surface area contributed by atoms with E-state index in [0.717, 1.165) is 5.56 Å². The minimum atomic E-state index is -0.570. The molecule has 0 aromatic heterocycles. The Bertz CT molecular complexity index is 289. The Morgan fingerprint density at radius 2 is 2.07 bits per heavy atom. The van der Waals surface area contributed by atoms with E-state index in [4.69, 9.17) is 13.0 Å². The molecule has 0 aliphatic rings. The minimum absolute atomic E-state index is 0.00963. The van der Waals surface area contributed by atoms with Gasteiger partial charge in [-0.05, 0) is 5.56 Å². The third-order valence-electron chi connectivity index (χ3n) is 2.01. The van der Waals surface area contributed by atoms with Crippen molar-refractivity contribution in [2.75, 3.05) is 13.2 Å². The SMILES string of the molecule is [B]C(=O)NCC(CO)c1ccccc1. The maximum Gasteiger partial charge on any atom is 0.200 e. The van der Waals surface area contributed by atoms with Crippen LogP contribution in [-0.4, -0.2) is 31.9 Å². The van der Waals surface area contributed by atoms with Crippen molar-refractivity contribution in [3.05, 3.63) is 35.9 Å². The van der Waals surface area contributed by atoms with Gasteiger partial charge in [-0.1, -0.05) is 30.3 Å². The smallest absolute Gasteiger partial charge is 0.200 e. The first-order chi connectivity index (χ1) is 6.74. The molecule has 0 saturated heterocycles.